The normalized spacial score (nSPS) is 11.9. The third-order valence-corrected chi connectivity index (χ3v) is 6.45. The standard InChI is InChI=1S/C24H28N6O3S/c1-25-22(31)7-5-3-4-6-18(30-24(32)21-13-26-14-34-21)23-27-12-20(29-23)19-11-15-10-16(33-2)8-9-17(15)28-19/h8-14,18,28H,3-7H2,1-2H3,(H,25,31)(H,27,29)(H,30,32)/t18-/m0/s1. The lowest BCUT2D eigenvalue weighted by atomic mass is 10.1. The predicted molar refractivity (Wildman–Crippen MR) is 132 cm³/mol. The second kappa shape index (κ2) is 11.0. The van der Waals surface area contributed by atoms with E-state index in [4.69, 9.17) is 4.74 Å². The van der Waals surface area contributed by atoms with Crippen LogP contribution in [0.2, 0.25) is 0 Å². The highest BCUT2D eigenvalue weighted by Gasteiger charge is 2.20. The second-order valence-corrected chi connectivity index (χ2v) is 8.87. The molecule has 4 rings (SSSR count). The number of aromatic amines is 2. The number of fused-ring (bicyclic) bond motifs is 1. The van der Waals surface area contributed by atoms with Crippen LogP contribution in [0.25, 0.3) is 22.3 Å². The van der Waals surface area contributed by atoms with E-state index in [0.29, 0.717) is 23.5 Å². The van der Waals surface area contributed by atoms with Gasteiger partial charge in [0, 0.05) is 24.4 Å². The summed E-state index contributed by atoms with van der Waals surface area (Å²) < 4.78 is 5.31. The topological polar surface area (TPSA) is 125 Å². The summed E-state index contributed by atoms with van der Waals surface area (Å²) in [5.41, 5.74) is 4.37. The third-order valence-electron chi connectivity index (χ3n) is 5.68. The molecule has 2 amide bonds. The monoisotopic (exact) mass is 480 g/mol. The Morgan fingerprint density at radius 1 is 1.12 bits per heavy atom. The molecule has 0 unspecified atom stereocenters. The number of hydrogen-bond acceptors (Lipinski definition) is 6. The van der Waals surface area contributed by atoms with Gasteiger partial charge in [0.25, 0.3) is 5.91 Å². The average Bonchev–Trinajstić information content (AvgIpc) is 3.62. The van der Waals surface area contributed by atoms with Gasteiger partial charge in [-0.1, -0.05) is 12.8 Å². The lowest BCUT2D eigenvalue weighted by molar-refractivity contribution is -0.120. The summed E-state index contributed by atoms with van der Waals surface area (Å²) >= 11 is 1.30. The molecule has 9 nitrogen and oxygen atoms in total. The van der Waals surface area contributed by atoms with Gasteiger partial charge in [0.2, 0.25) is 5.91 Å². The number of H-pyrrole nitrogens is 2. The zero-order valence-electron chi connectivity index (χ0n) is 19.2. The van der Waals surface area contributed by atoms with Crippen molar-refractivity contribution in [1.29, 1.82) is 0 Å². The molecule has 3 heterocycles. The molecule has 0 radical (unpaired) electrons. The average molecular weight is 481 g/mol. The number of benzene rings is 1. The number of imidazole rings is 1. The number of rotatable bonds is 11. The molecular weight excluding hydrogens is 452 g/mol. The van der Waals surface area contributed by atoms with Gasteiger partial charge >= 0.3 is 0 Å². The number of carbonyl (C=O) groups excluding carboxylic acids is 2. The van der Waals surface area contributed by atoms with E-state index >= 15 is 0 Å². The van der Waals surface area contributed by atoms with E-state index in [-0.39, 0.29) is 17.9 Å². The van der Waals surface area contributed by atoms with Gasteiger partial charge in [-0.15, -0.1) is 11.3 Å². The first-order valence-electron chi connectivity index (χ1n) is 11.2. The minimum absolute atomic E-state index is 0.0432. The largest absolute Gasteiger partial charge is 0.497 e. The van der Waals surface area contributed by atoms with E-state index in [1.807, 2.05) is 24.3 Å². The lowest BCUT2D eigenvalue weighted by Gasteiger charge is -2.16. The van der Waals surface area contributed by atoms with Crippen LogP contribution in [0.4, 0.5) is 0 Å². The SMILES string of the molecule is CNC(=O)CCCCC[C@H](NC(=O)c1cncs1)c1ncc(-c2cc3cc(OC)ccc3[nH]2)[nH]1. The van der Waals surface area contributed by atoms with Crippen molar-refractivity contribution >= 4 is 34.1 Å². The number of amides is 2. The van der Waals surface area contributed by atoms with Crippen LogP contribution in [0.3, 0.4) is 0 Å². The molecular formula is C24H28N6O3S. The summed E-state index contributed by atoms with van der Waals surface area (Å²) in [7, 11) is 3.29. The van der Waals surface area contributed by atoms with Crippen LogP contribution < -0.4 is 15.4 Å². The Kier molecular flexibility index (Phi) is 7.58. The molecule has 1 aromatic carbocycles. The molecule has 4 aromatic rings. The quantitative estimate of drug-likeness (QED) is 0.240. The Bertz CT molecular complexity index is 1250. The molecule has 0 aliphatic heterocycles. The minimum Gasteiger partial charge on any atom is -0.497 e. The number of nitrogens with one attached hydrogen (secondary N) is 4. The van der Waals surface area contributed by atoms with E-state index < -0.39 is 0 Å². The molecule has 3 aromatic heterocycles. The molecule has 0 bridgehead atoms. The summed E-state index contributed by atoms with van der Waals surface area (Å²) in [6.07, 6.45) is 7.09. The summed E-state index contributed by atoms with van der Waals surface area (Å²) in [6, 6.07) is 7.62. The van der Waals surface area contributed by atoms with Crippen molar-refractivity contribution in [2.45, 2.75) is 38.1 Å². The van der Waals surface area contributed by atoms with Gasteiger partial charge in [0.15, 0.2) is 0 Å². The maximum Gasteiger partial charge on any atom is 0.263 e. The zero-order valence-corrected chi connectivity index (χ0v) is 20.0. The van der Waals surface area contributed by atoms with E-state index in [9.17, 15) is 9.59 Å². The summed E-state index contributed by atoms with van der Waals surface area (Å²) in [4.78, 5) is 40.1. The van der Waals surface area contributed by atoms with Gasteiger partial charge < -0.3 is 25.3 Å². The smallest absolute Gasteiger partial charge is 0.263 e. The van der Waals surface area contributed by atoms with Crippen LogP contribution in [-0.2, 0) is 4.79 Å². The van der Waals surface area contributed by atoms with Crippen molar-refractivity contribution in [3.63, 3.8) is 0 Å². The van der Waals surface area contributed by atoms with Gasteiger partial charge in [0.1, 0.15) is 16.5 Å². The molecule has 0 aliphatic rings. The van der Waals surface area contributed by atoms with Gasteiger partial charge in [-0.05, 0) is 37.1 Å². The van der Waals surface area contributed by atoms with E-state index in [1.165, 1.54) is 11.3 Å². The fourth-order valence-electron chi connectivity index (χ4n) is 3.80. The van der Waals surface area contributed by atoms with Crippen molar-refractivity contribution in [3.8, 4) is 17.1 Å². The minimum atomic E-state index is -0.284. The summed E-state index contributed by atoms with van der Waals surface area (Å²) in [5.74, 6) is 1.36. The molecule has 0 aliphatic carbocycles. The first kappa shape index (κ1) is 23.5. The Hall–Kier alpha value is -3.66. The highest BCUT2D eigenvalue weighted by molar-refractivity contribution is 7.11. The number of thiazole rings is 1. The number of carbonyl (C=O) groups is 2. The molecule has 178 valence electrons. The first-order valence-corrected chi connectivity index (χ1v) is 12.1. The summed E-state index contributed by atoms with van der Waals surface area (Å²) in [5, 5.41) is 6.76. The fourth-order valence-corrected chi connectivity index (χ4v) is 4.33. The molecule has 10 heteroatoms. The zero-order chi connectivity index (χ0) is 23.9. The van der Waals surface area contributed by atoms with E-state index in [2.05, 4.69) is 30.6 Å². The molecule has 0 fully saturated rings. The van der Waals surface area contributed by atoms with Gasteiger partial charge in [-0.25, -0.2) is 4.98 Å². The molecule has 0 saturated carbocycles. The van der Waals surface area contributed by atoms with E-state index in [1.54, 1.807) is 32.1 Å². The highest BCUT2D eigenvalue weighted by Crippen LogP contribution is 2.28. The number of unbranched alkanes of at least 4 members (excludes halogenated alkanes) is 2. The Balaban J connectivity index is 1.49. The summed E-state index contributed by atoms with van der Waals surface area (Å²) in [6.45, 7) is 0. The number of aromatic nitrogens is 4. The third kappa shape index (κ3) is 5.63. The molecule has 0 saturated heterocycles. The van der Waals surface area contributed by atoms with Crippen LogP contribution in [-0.4, -0.2) is 45.9 Å². The Labute approximate surface area is 201 Å². The van der Waals surface area contributed by atoms with Crippen molar-refractivity contribution in [3.05, 3.63) is 52.9 Å². The number of ether oxygens (including phenoxy) is 1. The van der Waals surface area contributed by atoms with Crippen LogP contribution >= 0.6 is 11.3 Å². The van der Waals surface area contributed by atoms with Crippen LogP contribution in [0, 0.1) is 0 Å². The van der Waals surface area contributed by atoms with Gasteiger partial charge in [0.05, 0.1) is 42.4 Å². The van der Waals surface area contributed by atoms with Crippen LogP contribution in [0.5, 0.6) is 5.75 Å². The van der Waals surface area contributed by atoms with E-state index in [0.717, 1.165) is 47.3 Å². The molecule has 4 N–H and O–H groups in total. The van der Waals surface area contributed by atoms with Crippen molar-refractivity contribution in [2.24, 2.45) is 0 Å². The van der Waals surface area contributed by atoms with Gasteiger partial charge in [-0.3, -0.25) is 14.6 Å². The lowest BCUT2D eigenvalue weighted by Crippen LogP contribution is -2.28. The molecule has 34 heavy (non-hydrogen) atoms. The van der Waals surface area contributed by atoms with Crippen molar-refractivity contribution in [2.75, 3.05) is 14.2 Å². The number of nitrogens with zero attached hydrogens (tertiary/aromatic N) is 2. The maximum absolute atomic E-state index is 12.7. The Morgan fingerprint density at radius 2 is 2.00 bits per heavy atom. The predicted octanol–water partition coefficient (Wildman–Crippen LogP) is 4.19. The second-order valence-electron chi connectivity index (χ2n) is 7.98. The highest BCUT2D eigenvalue weighted by atomic mass is 32.1. The molecule has 1 atom stereocenters. The van der Waals surface area contributed by atoms with Crippen molar-refractivity contribution in [1.82, 2.24) is 30.6 Å². The van der Waals surface area contributed by atoms with Gasteiger partial charge in [-0.2, -0.15) is 0 Å². The number of methoxy groups -OCH3 is 1. The fraction of sp³-hybridized carbons (Fsp3) is 0.333. The van der Waals surface area contributed by atoms with Crippen LogP contribution in [0.1, 0.15) is 53.6 Å². The maximum atomic E-state index is 12.7. The van der Waals surface area contributed by atoms with Crippen molar-refractivity contribution < 1.29 is 14.3 Å². The first-order chi connectivity index (χ1) is 16.6. The molecule has 0 spiro atoms. The Morgan fingerprint density at radius 3 is 2.76 bits per heavy atom. The van der Waals surface area contributed by atoms with Crippen LogP contribution in [0.15, 0.2) is 42.2 Å². The number of hydrogen-bond donors (Lipinski definition) is 4.